The van der Waals surface area contributed by atoms with Gasteiger partial charge in [0.25, 0.3) is 5.91 Å². The van der Waals surface area contributed by atoms with Gasteiger partial charge in [0, 0.05) is 46.8 Å². The number of carbonyl (C=O) groups excluding carboxylic acids is 2. The third-order valence-electron chi connectivity index (χ3n) is 6.54. The Labute approximate surface area is 203 Å². The molecule has 2 N–H and O–H groups in total. The highest BCUT2D eigenvalue weighted by molar-refractivity contribution is 6.01. The van der Waals surface area contributed by atoms with E-state index in [9.17, 15) is 9.59 Å². The molecule has 5 rings (SSSR count). The van der Waals surface area contributed by atoms with E-state index in [4.69, 9.17) is 9.47 Å². The van der Waals surface area contributed by atoms with E-state index >= 15 is 0 Å². The summed E-state index contributed by atoms with van der Waals surface area (Å²) in [5.41, 5.74) is 5.30. The summed E-state index contributed by atoms with van der Waals surface area (Å²) < 4.78 is 10.6. The zero-order valence-corrected chi connectivity index (χ0v) is 19.9. The van der Waals surface area contributed by atoms with Crippen molar-refractivity contribution in [2.24, 2.45) is 0 Å². The first kappa shape index (κ1) is 22.5. The zero-order chi connectivity index (χ0) is 24.5. The predicted molar refractivity (Wildman–Crippen MR) is 135 cm³/mol. The summed E-state index contributed by atoms with van der Waals surface area (Å²) in [6, 6.07) is 20.7. The number of amides is 2. The van der Waals surface area contributed by atoms with Crippen molar-refractivity contribution < 1.29 is 19.1 Å². The Kier molecular flexibility index (Phi) is 5.91. The lowest BCUT2D eigenvalue weighted by atomic mass is 9.95. The van der Waals surface area contributed by atoms with Crippen molar-refractivity contribution in [3.05, 3.63) is 89.1 Å². The van der Waals surface area contributed by atoms with Crippen LogP contribution in [-0.2, 0) is 4.79 Å². The Morgan fingerprint density at radius 1 is 1.03 bits per heavy atom. The van der Waals surface area contributed by atoms with E-state index in [-0.39, 0.29) is 30.8 Å². The van der Waals surface area contributed by atoms with Crippen molar-refractivity contribution in [3.63, 3.8) is 0 Å². The Hall–Kier alpha value is -4.26. The highest BCUT2D eigenvalue weighted by atomic mass is 16.5. The number of nitrogens with one attached hydrogen (secondary N) is 2. The van der Waals surface area contributed by atoms with E-state index in [1.165, 1.54) is 0 Å². The van der Waals surface area contributed by atoms with Crippen molar-refractivity contribution in [1.29, 1.82) is 0 Å². The number of fused-ring (bicyclic) bond motifs is 2. The minimum atomic E-state index is -0.266. The number of hydrogen-bond acceptors (Lipinski definition) is 4. The maximum atomic E-state index is 13.4. The molecule has 2 heterocycles. The molecule has 0 saturated carbocycles. The molecular weight excluding hydrogens is 442 g/mol. The molecule has 0 spiro atoms. The number of aryl methyl sites for hydroxylation is 1. The van der Waals surface area contributed by atoms with E-state index in [0.29, 0.717) is 22.7 Å². The number of anilines is 1. The first-order chi connectivity index (χ1) is 17.0. The average molecular weight is 470 g/mol. The minimum Gasteiger partial charge on any atom is -0.497 e. The van der Waals surface area contributed by atoms with Gasteiger partial charge in [-0.15, -0.1) is 0 Å². The summed E-state index contributed by atoms with van der Waals surface area (Å²) in [5, 5.41) is 3.98. The minimum absolute atomic E-state index is 0.0647. The van der Waals surface area contributed by atoms with Gasteiger partial charge < -0.3 is 24.7 Å². The molecule has 0 bridgehead atoms. The molecule has 0 saturated heterocycles. The molecule has 0 radical (unpaired) electrons. The van der Waals surface area contributed by atoms with E-state index in [0.717, 1.165) is 27.7 Å². The quantitative estimate of drug-likeness (QED) is 0.396. The third-order valence-corrected chi connectivity index (χ3v) is 6.54. The van der Waals surface area contributed by atoms with Gasteiger partial charge in [0.2, 0.25) is 5.91 Å². The van der Waals surface area contributed by atoms with Gasteiger partial charge in [-0.05, 0) is 36.8 Å². The van der Waals surface area contributed by atoms with Crippen LogP contribution in [0.5, 0.6) is 11.5 Å². The Morgan fingerprint density at radius 3 is 2.60 bits per heavy atom. The normalized spacial score (nSPS) is 14.8. The van der Waals surface area contributed by atoms with Crippen molar-refractivity contribution in [1.82, 2.24) is 9.88 Å². The van der Waals surface area contributed by atoms with Crippen LogP contribution in [0.15, 0.2) is 66.7 Å². The molecule has 1 aliphatic rings. The standard InChI is InChI=1S/C28H27N3O4/c1-17-26(21-10-6-7-11-22(21)29-17)27-19-8-4-5-9-20(19)28(33)31(27)15-14-25(32)30-23-13-12-18(34-2)16-24(23)35-3/h4-13,16,27,29H,14-15H2,1-3H3,(H,30,32). The molecule has 7 heteroatoms. The number of aromatic nitrogens is 1. The number of carbonyl (C=O) groups is 2. The van der Waals surface area contributed by atoms with Crippen molar-refractivity contribution in [3.8, 4) is 11.5 Å². The number of rotatable bonds is 7. The number of H-pyrrole nitrogens is 1. The Bertz CT molecular complexity index is 1430. The SMILES string of the molecule is COc1ccc(NC(=O)CCN2C(=O)c3ccccc3C2c2c(C)[nH]c3ccccc23)c(OC)c1. The van der Waals surface area contributed by atoms with Crippen LogP contribution in [0.1, 0.15) is 39.6 Å². The lowest BCUT2D eigenvalue weighted by molar-refractivity contribution is -0.116. The summed E-state index contributed by atoms with van der Waals surface area (Å²) in [4.78, 5) is 31.6. The fourth-order valence-corrected chi connectivity index (χ4v) is 4.90. The van der Waals surface area contributed by atoms with Crippen LogP contribution >= 0.6 is 0 Å². The molecule has 0 aliphatic carbocycles. The summed E-state index contributed by atoms with van der Waals surface area (Å²) in [6.45, 7) is 2.31. The molecule has 0 fully saturated rings. The van der Waals surface area contributed by atoms with Gasteiger partial charge in [0.15, 0.2) is 0 Å². The predicted octanol–water partition coefficient (Wildman–Crippen LogP) is 5.07. The second-order valence-corrected chi connectivity index (χ2v) is 8.56. The molecule has 1 aromatic heterocycles. The molecule has 2 amide bonds. The van der Waals surface area contributed by atoms with E-state index in [2.05, 4.69) is 16.4 Å². The monoisotopic (exact) mass is 469 g/mol. The smallest absolute Gasteiger partial charge is 0.255 e. The van der Waals surface area contributed by atoms with Crippen molar-refractivity contribution >= 4 is 28.4 Å². The third kappa shape index (κ3) is 3.99. The average Bonchev–Trinajstić information content (AvgIpc) is 3.35. The van der Waals surface area contributed by atoms with Gasteiger partial charge in [-0.1, -0.05) is 36.4 Å². The highest BCUT2D eigenvalue weighted by Gasteiger charge is 2.39. The first-order valence-electron chi connectivity index (χ1n) is 11.5. The van der Waals surface area contributed by atoms with E-state index < -0.39 is 0 Å². The van der Waals surface area contributed by atoms with Crippen LogP contribution in [-0.4, -0.2) is 42.5 Å². The number of para-hydroxylation sites is 1. The maximum absolute atomic E-state index is 13.4. The Morgan fingerprint density at radius 2 is 1.80 bits per heavy atom. The summed E-state index contributed by atoms with van der Waals surface area (Å²) in [6.07, 6.45) is 0.146. The number of aromatic amines is 1. The van der Waals surface area contributed by atoms with Crippen LogP contribution in [0.2, 0.25) is 0 Å². The number of hydrogen-bond donors (Lipinski definition) is 2. The lowest BCUT2D eigenvalue weighted by Gasteiger charge is -2.26. The Balaban J connectivity index is 1.42. The second kappa shape index (κ2) is 9.18. The topological polar surface area (TPSA) is 83.7 Å². The number of benzene rings is 3. The van der Waals surface area contributed by atoms with Gasteiger partial charge in [-0.2, -0.15) is 0 Å². The summed E-state index contributed by atoms with van der Waals surface area (Å²) >= 11 is 0. The zero-order valence-electron chi connectivity index (χ0n) is 19.9. The maximum Gasteiger partial charge on any atom is 0.255 e. The molecule has 4 aromatic rings. The van der Waals surface area contributed by atoms with Gasteiger partial charge in [0.1, 0.15) is 11.5 Å². The highest BCUT2D eigenvalue weighted by Crippen LogP contribution is 2.42. The van der Waals surface area contributed by atoms with Crippen LogP contribution in [0.4, 0.5) is 5.69 Å². The fourth-order valence-electron chi connectivity index (χ4n) is 4.90. The summed E-state index contributed by atoms with van der Waals surface area (Å²) in [5.74, 6) is 0.878. The first-order valence-corrected chi connectivity index (χ1v) is 11.5. The lowest BCUT2D eigenvalue weighted by Crippen LogP contribution is -2.32. The molecule has 1 atom stereocenters. The van der Waals surface area contributed by atoms with Crippen molar-refractivity contribution in [2.45, 2.75) is 19.4 Å². The summed E-state index contributed by atoms with van der Waals surface area (Å²) in [7, 11) is 3.11. The molecule has 3 aromatic carbocycles. The van der Waals surface area contributed by atoms with Crippen LogP contribution in [0.25, 0.3) is 10.9 Å². The van der Waals surface area contributed by atoms with Gasteiger partial charge in [0.05, 0.1) is 25.9 Å². The van der Waals surface area contributed by atoms with E-state index in [1.807, 2.05) is 49.4 Å². The number of nitrogens with zero attached hydrogens (tertiary/aromatic N) is 1. The molecule has 1 aliphatic heterocycles. The molecule has 1 unspecified atom stereocenters. The number of methoxy groups -OCH3 is 2. The van der Waals surface area contributed by atoms with Gasteiger partial charge >= 0.3 is 0 Å². The fraction of sp³-hybridized carbons (Fsp3) is 0.214. The second-order valence-electron chi connectivity index (χ2n) is 8.56. The number of ether oxygens (including phenoxy) is 2. The largest absolute Gasteiger partial charge is 0.497 e. The van der Waals surface area contributed by atoms with Crippen LogP contribution < -0.4 is 14.8 Å². The van der Waals surface area contributed by atoms with Gasteiger partial charge in [-0.25, -0.2) is 0 Å². The molecule has 35 heavy (non-hydrogen) atoms. The van der Waals surface area contributed by atoms with Gasteiger partial charge in [-0.3, -0.25) is 9.59 Å². The molecular formula is C28H27N3O4. The van der Waals surface area contributed by atoms with Crippen LogP contribution in [0.3, 0.4) is 0 Å². The molecule has 178 valence electrons. The molecule has 7 nitrogen and oxygen atoms in total. The van der Waals surface area contributed by atoms with Crippen molar-refractivity contribution in [2.75, 3.05) is 26.1 Å². The van der Waals surface area contributed by atoms with Crippen LogP contribution in [0, 0.1) is 6.92 Å². The van der Waals surface area contributed by atoms with E-state index in [1.54, 1.807) is 37.3 Å².